The number of fused-ring (bicyclic) bond motifs is 1. The molecule has 10 heteroatoms. The second-order valence-corrected chi connectivity index (χ2v) is 5.76. The van der Waals surface area contributed by atoms with E-state index in [2.05, 4.69) is 15.0 Å². The van der Waals surface area contributed by atoms with E-state index in [-0.39, 0.29) is 5.69 Å². The number of nitrogens with zero attached hydrogens (tertiary/aromatic N) is 2. The minimum Gasteiger partial charge on any atom is -0.493 e. The Balaban J connectivity index is 1.99. The molecule has 2 heterocycles. The molecule has 138 valence electrons. The summed E-state index contributed by atoms with van der Waals surface area (Å²) in [5.41, 5.74) is -1.57. The third-order valence-electron chi connectivity index (χ3n) is 4.09. The lowest BCUT2D eigenvalue weighted by Gasteiger charge is -2.12. The summed E-state index contributed by atoms with van der Waals surface area (Å²) in [6, 6.07) is 6.32. The molecule has 0 radical (unpaired) electrons. The Kier molecular flexibility index (Phi) is 3.58. The molecule has 4 rings (SSSR count). The number of halogens is 4. The zero-order valence-corrected chi connectivity index (χ0v) is 13.3. The van der Waals surface area contributed by atoms with Crippen LogP contribution in [0, 0.1) is 5.82 Å². The largest absolute Gasteiger partial charge is 0.493 e. The monoisotopic (exact) mass is 378 g/mol. The molecule has 0 fully saturated rings. The number of hydrogen-bond acceptors (Lipinski definition) is 3. The van der Waals surface area contributed by atoms with Gasteiger partial charge in [-0.25, -0.2) is 14.2 Å². The normalized spacial score (nSPS) is 12.0. The second-order valence-electron chi connectivity index (χ2n) is 5.76. The Morgan fingerprint density at radius 2 is 1.89 bits per heavy atom. The molecule has 0 unspecified atom stereocenters. The van der Waals surface area contributed by atoms with Crippen molar-refractivity contribution < 1.29 is 22.7 Å². The van der Waals surface area contributed by atoms with Crippen LogP contribution in [-0.4, -0.2) is 24.6 Å². The topological polar surface area (TPSA) is 86.7 Å². The standard InChI is InChI=1S/C17H10F4N4O2/c18-11-3-1-8(17(19,20)21)5-10(11)14-15(26)24-16(27)25(14)9-2-4-12-13(6-9)23-7-22-12/h1-7,26H,(H,22,23)(H,24,27). The van der Waals surface area contributed by atoms with Gasteiger partial charge >= 0.3 is 11.9 Å². The fraction of sp³-hybridized carbons (Fsp3) is 0.0588. The molecule has 0 saturated carbocycles. The van der Waals surface area contributed by atoms with Gasteiger partial charge in [0.05, 0.1) is 28.6 Å². The van der Waals surface area contributed by atoms with Gasteiger partial charge in [-0.15, -0.1) is 0 Å². The number of imidazole rings is 2. The Morgan fingerprint density at radius 1 is 1.11 bits per heavy atom. The number of benzene rings is 2. The quantitative estimate of drug-likeness (QED) is 0.466. The van der Waals surface area contributed by atoms with E-state index in [4.69, 9.17) is 0 Å². The number of aromatic nitrogens is 4. The van der Waals surface area contributed by atoms with Crippen molar-refractivity contribution in [3.8, 4) is 22.8 Å². The van der Waals surface area contributed by atoms with Gasteiger partial charge < -0.3 is 10.1 Å². The van der Waals surface area contributed by atoms with Gasteiger partial charge in [0.15, 0.2) is 0 Å². The Hall–Kier alpha value is -3.56. The molecule has 0 spiro atoms. The van der Waals surface area contributed by atoms with Gasteiger partial charge in [0.1, 0.15) is 11.5 Å². The summed E-state index contributed by atoms with van der Waals surface area (Å²) in [5.74, 6) is -1.77. The van der Waals surface area contributed by atoms with Crippen molar-refractivity contribution in [1.29, 1.82) is 0 Å². The van der Waals surface area contributed by atoms with Gasteiger partial charge in [0, 0.05) is 5.56 Å². The highest BCUT2D eigenvalue weighted by atomic mass is 19.4. The number of aromatic hydroxyl groups is 1. The van der Waals surface area contributed by atoms with Crippen molar-refractivity contribution in [2.75, 3.05) is 0 Å². The lowest BCUT2D eigenvalue weighted by atomic mass is 10.1. The van der Waals surface area contributed by atoms with E-state index in [0.717, 1.165) is 4.57 Å². The summed E-state index contributed by atoms with van der Waals surface area (Å²) in [6.07, 6.45) is -3.28. The van der Waals surface area contributed by atoms with Crippen LogP contribution in [0.5, 0.6) is 5.88 Å². The highest BCUT2D eigenvalue weighted by Crippen LogP contribution is 2.36. The van der Waals surface area contributed by atoms with Gasteiger partial charge in [0.2, 0.25) is 5.88 Å². The molecule has 2 aromatic heterocycles. The molecular weight excluding hydrogens is 368 g/mol. The lowest BCUT2D eigenvalue weighted by molar-refractivity contribution is -0.137. The van der Waals surface area contributed by atoms with E-state index in [1.807, 2.05) is 0 Å². The Morgan fingerprint density at radius 3 is 2.63 bits per heavy atom. The van der Waals surface area contributed by atoms with E-state index in [0.29, 0.717) is 29.2 Å². The molecule has 4 aromatic rings. The predicted molar refractivity (Wildman–Crippen MR) is 88.1 cm³/mol. The zero-order valence-electron chi connectivity index (χ0n) is 13.3. The van der Waals surface area contributed by atoms with Crippen LogP contribution in [0.15, 0.2) is 47.5 Å². The molecule has 0 atom stereocenters. The average molecular weight is 378 g/mol. The lowest BCUT2D eigenvalue weighted by Crippen LogP contribution is -2.16. The van der Waals surface area contributed by atoms with Crippen molar-refractivity contribution in [2.45, 2.75) is 6.18 Å². The molecular formula is C17H10F4N4O2. The summed E-state index contributed by atoms with van der Waals surface area (Å²) in [5, 5.41) is 10.1. The Bertz CT molecular complexity index is 1220. The highest BCUT2D eigenvalue weighted by molar-refractivity contribution is 5.78. The highest BCUT2D eigenvalue weighted by Gasteiger charge is 2.32. The van der Waals surface area contributed by atoms with Crippen LogP contribution in [0.2, 0.25) is 0 Å². The molecule has 0 aliphatic rings. The molecule has 3 N–H and O–H groups in total. The van der Waals surface area contributed by atoms with Crippen LogP contribution in [0.25, 0.3) is 28.0 Å². The third-order valence-corrected chi connectivity index (χ3v) is 4.09. The number of nitrogens with one attached hydrogen (secondary N) is 2. The van der Waals surface area contributed by atoms with Crippen molar-refractivity contribution in [3.05, 3.63) is 64.6 Å². The molecule has 0 saturated heterocycles. The fourth-order valence-corrected chi connectivity index (χ4v) is 2.86. The van der Waals surface area contributed by atoms with Gasteiger partial charge in [-0.3, -0.25) is 9.55 Å². The van der Waals surface area contributed by atoms with Crippen LogP contribution >= 0.6 is 0 Å². The van der Waals surface area contributed by atoms with Crippen molar-refractivity contribution in [3.63, 3.8) is 0 Å². The van der Waals surface area contributed by atoms with Gasteiger partial charge in [-0.05, 0) is 36.4 Å². The molecule has 0 amide bonds. The number of rotatable bonds is 2. The van der Waals surface area contributed by atoms with E-state index in [1.54, 1.807) is 6.07 Å². The summed E-state index contributed by atoms with van der Waals surface area (Å²) in [7, 11) is 0. The first-order chi connectivity index (χ1) is 12.8. The molecule has 0 bridgehead atoms. The maximum Gasteiger partial charge on any atom is 0.416 e. The smallest absolute Gasteiger partial charge is 0.416 e. The van der Waals surface area contributed by atoms with Gasteiger partial charge in [0.25, 0.3) is 0 Å². The second kappa shape index (κ2) is 5.73. The number of hydrogen-bond donors (Lipinski definition) is 3. The molecule has 0 aliphatic carbocycles. The van der Waals surface area contributed by atoms with Crippen molar-refractivity contribution in [1.82, 2.24) is 19.5 Å². The molecule has 2 aromatic carbocycles. The van der Waals surface area contributed by atoms with Gasteiger partial charge in [-0.2, -0.15) is 13.2 Å². The van der Waals surface area contributed by atoms with Crippen LogP contribution < -0.4 is 5.69 Å². The molecule has 6 nitrogen and oxygen atoms in total. The number of aromatic amines is 2. The maximum atomic E-state index is 14.3. The van der Waals surface area contributed by atoms with Crippen LogP contribution in [-0.2, 0) is 6.18 Å². The Labute approximate surface area is 147 Å². The zero-order chi connectivity index (χ0) is 19.3. The maximum absolute atomic E-state index is 14.3. The van der Waals surface area contributed by atoms with E-state index < -0.39 is 40.4 Å². The van der Waals surface area contributed by atoms with E-state index in [1.165, 1.54) is 18.5 Å². The predicted octanol–water partition coefficient (Wildman–Crippen LogP) is 3.57. The minimum absolute atomic E-state index is 0.208. The average Bonchev–Trinajstić information content (AvgIpc) is 3.17. The summed E-state index contributed by atoms with van der Waals surface area (Å²) < 4.78 is 54.2. The van der Waals surface area contributed by atoms with Crippen LogP contribution in [0.4, 0.5) is 17.6 Å². The van der Waals surface area contributed by atoms with Crippen LogP contribution in [0.3, 0.4) is 0 Å². The first kappa shape index (κ1) is 16.9. The van der Waals surface area contributed by atoms with Crippen molar-refractivity contribution >= 4 is 11.0 Å². The first-order valence-electron chi connectivity index (χ1n) is 7.60. The molecule has 0 aliphatic heterocycles. The third kappa shape index (κ3) is 2.75. The minimum atomic E-state index is -4.71. The summed E-state index contributed by atoms with van der Waals surface area (Å²) in [6.45, 7) is 0. The fourth-order valence-electron chi connectivity index (χ4n) is 2.86. The summed E-state index contributed by atoms with van der Waals surface area (Å²) >= 11 is 0. The van der Waals surface area contributed by atoms with Gasteiger partial charge in [-0.1, -0.05) is 0 Å². The van der Waals surface area contributed by atoms with E-state index in [9.17, 15) is 27.5 Å². The molecule has 27 heavy (non-hydrogen) atoms. The SMILES string of the molecule is O=c1[nH]c(O)c(-c2cc(C(F)(F)F)ccc2F)n1-c1ccc2nc[nH]c2c1. The van der Waals surface area contributed by atoms with Crippen molar-refractivity contribution in [2.24, 2.45) is 0 Å². The van der Waals surface area contributed by atoms with Crippen LogP contribution in [0.1, 0.15) is 5.56 Å². The number of H-pyrrole nitrogens is 2. The first-order valence-corrected chi connectivity index (χ1v) is 7.60. The summed E-state index contributed by atoms with van der Waals surface area (Å²) in [4.78, 5) is 21.2. The van der Waals surface area contributed by atoms with E-state index >= 15 is 0 Å². The number of alkyl halides is 3.